The molecule has 1 aliphatic rings. The Hall–Kier alpha value is -3.56. The Morgan fingerprint density at radius 3 is 2.50 bits per heavy atom. The number of likely N-dealkylation sites (tertiary alicyclic amines) is 1. The Bertz CT molecular complexity index is 1100. The number of carbonyl (C=O) groups is 3. The van der Waals surface area contributed by atoms with E-state index in [4.69, 9.17) is 15.2 Å². The highest BCUT2D eigenvalue weighted by molar-refractivity contribution is 6.08. The van der Waals surface area contributed by atoms with E-state index in [0.717, 1.165) is 19.3 Å². The average molecular weight is 500 g/mol. The van der Waals surface area contributed by atoms with Crippen LogP contribution in [-0.2, 0) is 18.2 Å². The van der Waals surface area contributed by atoms with E-state index in [-0.39, 0.29) is 17.7 Å². The van der Waals surface area contributed by atoms with E-state index >= 15 is 0 Å². The van der Waals surface area contributed by atoms with Crippen molar-refractivity contribution in [1.82, 2.24) is 14.7 Å². The van der Waals surface area contributed by atoms with Gasteiger partial charge in [0.15, 0.2) is 0 Å². The smallest absolute Gasteiger partial charge is 0.410 e. The molecule has 0 saturated carbocycles. The van der Waals surface area contributed by atoms with Gasteiger partial charge in [0.05, 0.1) is 18.0 Å². The number of nitrogens with zero attached hydrogens (tertiary/aromatic N) is 3. The van der Waals surface area contributed by atoms with Crippen molar-refractivity contribution in [2.45, 2.75) is 59.0 Å². The number of hydrogen-bond acceptors (Lipinski definition) is 6. The number of nitrogens with two attached hydrogens (primary N) is 1. The monoisotopic (exact) mass is 499 g/mol. The number of anilines is 1. The van der Waals surface area contributed by atoms with E-state index in [2.05, 4.69) is 10.4 Å². The van der Waals surface area contributed by atoms with Crippen LogP contribution in [0.4, 0.5) is 10.5 Å². The molecule has 2 aromatic rings. The van der Waals surface area contributed by atoms with Gasteiger partial charge in [-0.15, -0.1) is 0 Å². The molecule has 0 unspecified atom stereocenters. The van der Waals surface area contributed by atoms with Gasteiger partial charge in [0.2, 0.25) is 0 Å². The zero-order valence-corrected chi connectivity index (χ0v) is 21.8. The lowest BCUT2D eigenvalue weighted by Crippen LogP contribution is -2.42. The fraction of sp³-hybridized carbons (Fsp3) is 0.538. The van der Waals surface area contributed by atoms with E-state index in [1.807, 2.05) is 27.7 Å². The van der Waals surface area contributed by atoms with Crippen LogP contribution < -0.4 is 15.8 Å². The molecule has 0 radical (unpaired) electrons. The van der Waals surface area contributed by atoms with Crippen LogP contribution in [0.1, 0.15) is 73.5 Å². The molecule has 2 heterocycles. The van der Waals surface area contributed by atoms with Gasteiger partial charge in [-0.3, -0.25) is 14.3 Å². The summed E-state index contributed by atoms with van der Waals surface area (Å²) >= 11 is 0. The topological polar surface area (TPSA) is 129 Å². The fourth-order valence-electron chi connectivity index (χ4n) is 4.14. The zero-order valence-electron chi connectivity index (χ0n) is 21.8. The van der Waals surface area contributed by atoms with Gasteiger partial charge >= 0.3 is 6.09 Å². The molecule has 10 heteroatoms. The average Bonchev–Trinajstić information content (AvgIpc) is 3.12. The molecule has 1 aliphatic heterocycles. The number of hydrogen-bond donors (Lipinski definition) is 2. The molecule has 3 rings (SSSR count). The maximum absolute atomic E-state index is 13.0. The normalized spacial score (nSPS) is 14.4. The minimum Gasteiger partial charge on any atom is -0.493 e. The Balaban J connectivity index is 1.59. The van der Waals surface area contributed by atoms with Crippen molar-refractivity contribution < 1.29 is 23.9 Å². The number of aromatic nitrogens is 2. The third-order valence-electron chi connectivity index (χ3n) is 5.93. The van der Waals surface area contributed by atoms with Gasteiger partial charge in [0.1, 0.15) is 17.0 Å². The number of piperidine rings is 1. The Kier molecular flexibility index (Phi) is 8.60. The van der Waals surface area contributed by atoms with Gasteiger partial charge in [-0.1, -0.05) is 19.4 Å². The fourth-order valence-corrected chi connectivity index (χ4v) is 4.14. The van der Waals surface area contributed by atoms with Gasteiger partial charge < -0.3 is 25.4 Å². The third-order valence-corrected chi connectivity index (χ3v) is 5.93. The minimum absolute atomic E-state index is 0.164. The van der Waals surface area contributed by atoms with Crippen molar-refractivity contribution in [2.75, 3.05) is 25.0 Å². The van der Waals surface area contributed by atoms with Crippen LogP contribution in [0, 0.1) is 5.92 Å². The Morgan fingerprint density at radius 2 is 1.89 bits per heavy atom. The number of primary amides is 1. The first-order valence-corrected chi connectivity index (χ1v) is 12.4. The molecule has 3 N–H and O–H groups in total. The molecule has 0 spiro atoms. The van der Waals surface area contributed by atoms with Crippen molar-refractivity contribution in [3.63, 3.8) is 0 Å². The van der Waals surface area contributed by atoms with Crippen molar-refractivity contribution in [1.29, 1.82) is 0 Å². The summed E-state index contributed by atoms with van der Waals surface area (Å²) in [6.45, 7) is 9.30. The van der Waals surface area contributed by atoms with Gasteiger partial charge in [0, 0.05) is 25.7 Å². The van der Waals surface area contributed by atoms with Crippen molar-refractivity contribution in [2.24, 2.45) is 18.7 Å². The minimum atomic E-state index is -0.655. The Labute approximate surface area is 212 Å². The number of nitrogens with one attached hydrogen (secondary N) is 1. The van der Waals surface area contributed by atoms with Crippen LogP contribution in [-0.4, -0.2) is 57.9 Å². The molecule has 0 bridgehead atoms. The first kappa shape index (κ1) is 27.0. The van der Waals surface area contributed by atoms with E-state index in [9.17, 15) is 14.4 Å². The standard InChI is InChI=1S/C26H37N5O5/c1-6-8-20-21(22(23(27)32)30(5)29-20)28-24(33)18-9-7-10-19(15-18)35-16-17-11-13-31(14-12-17)25(34)36-26(2,3)4/h7,9-10,15,17H,6,8,11-14,16H2,1-5H3,(H2,27,32)(H,28,33). The second-order valence-electron chi connectivity index (χ2n) is 10.1. The quantitative estimate of drug-likeness (QED) is 0.569. The number of aryl methyl sites for hydroxylation is 2. The predicted octanol–water partition coefficient (Wildman–Crippen LogP) is 3.75. The highest BCUT2D eigenvalue weighted by atomic mass is 16.6. The lowest BCUT2D eigenvalue weighted by molar-refractivity contribution is 0.0165. The summed E-state index contributed by atoms with van der Waals surface area (Å²) in [5.41, 5.74) is 6.54. The van der Waals surface area contributed by atoms with Gasteiger partial charge in [-0.25, -0.2) is 4.79 Å². The number of rotatable bonds is 8. The highest BCUT2D eigenvalue weighted by Gasteiger charge is 2.27. The van der Waals surface area contributed by atoms with Crippen LogP contribution in [0.2, 0.25) is 0 Å². The van der Waals surface area contributed by atoms with Crippen molar-refractivity contribution in [3.05, 3.63) is 41.2 Å². The summed E-state index contributed by atoms with van der Waals surface area (Å²) < 4.78 is 12.8. The SMILES string of the molecule is CCCc1nn(C)c(C(N)=O)c1NC(=O)c1cccc(OCC2CCN(C(=O)OC(C)(C)C)CC2)c1. The molecule has 3 amide bonds. The molecule has 1 saturated heterocycles. The summed E-state index contributed by atoms with van der Waals surface area (Å²) in [6.07, 6.45) is 2.76. The summed E-state index contributed by atoms with van der Waals surface area (Å²) in [5.74, 6) is -0.157. The third kappa shape index (κ3) is 6.99. The molecule has 1 fully saturated rings. The molecule has 36 heavy (non-hydrogen) atoms. The molecular formula is C26H37N5O5. The van der Waals surface area contributed by atoms with E-state index in [0.29, 0.717) is 54.7 Å². The van der Waals surface area contributed by atoms with E-state index < -0.39 is 11.5 Å². The first-order chi connectivity index (χ1) is 17.0. The second kappa shape index (κ2) is 11.5. The Morgan fingerprint density at radius 1 is 1.19 bits per heavy atom. The van der Waals surface area contributed by atoms with E-state index in [1.165, 1.54) is 4.68 Å². The van der Waals surface area contributed by atoms with Gasteiger partial charge in [-0.05, 0) is 64.2 Å². The molecule has 1 aromatic heterocycles. The second-order valence-corrected chi connectivity index (χ2v) is 10.1. The number of ether oxygens (including phenoxy) is 2. The molecular weight excluding hydrogens is 462 g/mol. The molecule has 0 aliphatic carbocycles. The summed E-state index contributed by atoms with van der Waals surface area (Å²) in [5, 5.41) is 7.16. The lowest BCUT2D eigenvalue weighted by Gasteiger charge is -2.33. The number of benzene rings is 1. The predicted molar refractivity (Wildman–Crippen MR) is 136 cm³/mol. The van der Waals surface area contributed by atoms with Crippen LogP contribution in [0.25, 0.3) is 0 Å². The number of carbonyl (C=O) groups excluding carboxylic acids is 3. The molecule has 196 valence electrons. The zero-order chi connectivity index (χ0) is 26.5. The number of amides is 3. The maximum atomic E-state index is 13.0. The van der Waals surface area contributed by atoms with E-state index in [1.54, 1.807) is 36.2 Å². The summed E-state index contributed by atoms with van der Waals surface area (Å²) in [4.78, 5) is 38.9. The van der Waals surface area contributed by atoms with Crippen LogP contribution in [0.3, 0.4) is 0 Å². The van der Waals surface area contributed by atoms with Gasteiger partial charge in [0.25, 0.3) is 11.8 Å². The van der Waals surface area contributed by atoms with Crippen LogP contribution in [0.15, 0.2) is 24.3 Å². The largest absolute Gasteiger partial charge is 0.493 e. The van der Waals surface area contributed by atoms with Crippen LogP contribution >= 0.6 is 0 Å². The molecule has 0 atom stereocenters. The summed E-state index contributed by atoms with van der Waals surface area (Å²) in [7, 11) is 1.63. The highest BCUT2D eigenvalue weighted by Crippen LogP contribution is 2.25. The van der Waals surface area contributed by atoms with Crippen molar-refractivity contribution >= 4 is 23.6 Å². The maximum Gasteiger partial charge on any atom is 0.410 e. The van der Waals surface area contributed by atoms with Crippen molar-refractivity contribution in [3.8, 4) is 5.75 Å². The molecule has 10 nitrogen and oxygen atoms in total. The van der Waals surface area contributed by atoms with Crippen LogP contribution in [0.5, 0.6) is 5.75 Å². The lowest BCUT2D eigenvalue weighted by atomic mass is 9.98. The first-order valence-electron chi connectivity index (χ1n) is 12.4. The summed E-state index contributed by atoms with van der Waals surface area (Å²) in [6, 6.07) is 6.90. The molecule has 1 aromatic carbocycles. The van der Waals surface area contributed by atoms with Gasteiger partial charge in [-0.2, -0.15) is 5.10 Å².